The molecular formula is C4H5F3NNaO3. The predicted octanol–water partition coefficient (Wildman–Crippen LogP) is -4.21. The van der Waals surface area contributed by atoms with E-state index in [-0.39, 0.29) is 35.5 Å². The van der Waals surface area contributed by atoms with Gasteiger partial charge in [0.05, 0.1) is 0 Å². The molecule has 66 valence electrons. The molecule has 0 unspecified atom stereocenters. The zero-order valence-electron chi connectivity index (χ0n) is 6.44. The number of nitrogens with two attached hydrogens (primary N) is 1. The van der Waals surface area contributed by atoms with Crippen LogP contribution in [0.1, 0.15) is 6.92 Å². The number of amides is 1. The summed E-state index contributed by atoms with van der Waals surface area (Å²) in [6.07, 6.45) is -5.19. The van der Waals surface area contributed by atoms with Crippen LogP contribution in [0.2, 0.25) is 0 Å². The van der Waals surface area contributed by atoms with Gasteiger partial charge in [0.2, 0.25) is 5.91 Å². The van der Waals surface area contributed by atoms with Crippen molar-refractivity contribution in [3.8, 4) is 0 Å². The summed E-state index contributed by atoms with van der Waals surface area (Å²) in [6, 6.07) is 0. The summed E-state index contributed by atoms with van der Waals surface area (Å²) in [6.45, 7) is 1.31. The molecule has 0 heterocycles. The fourth-order valence-electron chi connectivity index (χ4n) is 0. The van der Waals surface area contributed by atoms with Crippen molar-refractivity contribution in [3.63, 3.8) is 0 Å². The van der Waals surface area contributed by atoms with Crippen LogP contribution in [0.25, 0.3) is 0 Å². The van der Waals surface area contributed by atoms with E-state index >= 15 is 0 Å². The van der Waals surface area contributed by atoms with E-state index in [4.69, 9.17) is 9.90 Å². The number of primary amides is 1. The first-order chi connectivity index (χ1) is 4.68. The topological polar surface area (TPSA) is 83.2 Å². The molecular weight excluding hydrogens is 190 g/mol. The van der Waals surface area contributed by atoms with Crippen LogP contribution in [-0.2, 0) is 9.59 Å². The number of carboxylic acid groups (broad SMARTS) is 1. The van der Waals surface area contributed by atoms with Gasteiger partial charge in [-0.25, -0.2) is 0 Å². The van der Waals surface area contributed by atoms with Crippen LogP contribution in [0.4, 0.5) is 13.2 Å². The molecule has 12 heavy (non-hydrogen) atoms. The first-order valence-corrected chi connectivity index (χ1v) is 2.22. The Morgan fingerprint density at radius 1 is 1.33 bits per heavy atom. The van der Waals surface area contributed by atoms with E-state index in [9.17, 15) is 18.0 Å². The van der Waals surface area contributed by atoms with Crippen molar-refractivity contribution >= 4 is 11.9 Å². The quantitative estimate of drug-likeness (QED) is 0.398. The molecule has 0 aliphatic rings. The van der Waals surface area contributed by atoms with E-state index in [1.165, 1.54) is 6.92 Å². The fraction of sp³-hybridized carbons (Fsp3) is 0.500. The molecule has 0 radical (unpaired) electrons. The van der Waals surface area contributed by atoms with Gasteiger partial charge in [-0.05, 0) is 0 Å². The van der Waals surface area contributed by atoms with Crippen molar-refractivity contribution in [3.05, 3.63) is 0 Å². The van der Waals surface area contributed by atoms with Crippen LogP contribution in [0.5, 0.6) is 0 Å². The van der Waals surface area contributed by atoms with Gasteiger partial charge in [0.15, 0.2) is 0 Å². The minimum absolute atomic E-state index is 0. The molecule has 1 amide bonds. The molecule has 0 spiro atoms. The van der Waals surface area contributed by atoms with Crippen LogP contribution < -0.4 is 40.4 Å². The van der Waals surface area contributed by atoms with Crippen molar-refractivity contribution in [2.75, 3.05) is 0 Å². The summed E-state index contributed by atoms with van der Waals surface area (Å²) >= 11 is 0. The smallest absolute Gasteiger partial charge is 0.542 e. The number of hydrogen-bond acceptors (Lipinski definition) is 3. The first-order valence-electron chi connectivity index (χ1n) is 2.22. The molecule has 0 aromatic carbocycles. The Kier molecular flexibility index (Phi) is 10.9. The Hall–Kier alpha value is -0.270. The first kappa shape index (κ1) is 17.7. The Bertz CT molecular complexity index is 154. The summed E-state index contributed by atoms with van der Waals surface area (Å²) in [7, 11) is 0. The number of hydrogen-bond donors (Lipinski definition) is 1. The van der Waals surface area contributed by atoms with Gasteiger partial charge in [0.25, 0.3) is 0 Å². The normalized spacial score (nSPS) is 8.67. The second-order valence-corrected chi connectivity index (χ2v) is 1.40. The third-order valence-corrected chi connectivity index (χ3v) is 0.231. The number of aliphatic carboxylic acids is 1. The van der Waals surface area contributed by atoms with Crippen LogP contribution in [0.3, 0.4) is 0 Å². The van der Waals surface area contributed by atoms with Gasteiger partial charge in [-0.3, -0.25) is 4.79 Å². The van der Waals surface area contributed by atoms with Crippen molar-refractivity contribution < 1.29 is 57.4 Å². The Labute approximate surface area is 88.2 Å². The summed E-state index contributed by atoms with van der Waals surface area (Å²) in [5, 5.41) is 8.78. The van der Waals surface area contributed by atoms with E-state index in [2.05, 4.69) is 5.73 Å². The van der Waals surface area contributed by atoms with E-state index in [1.807, 2.05) is 0 Å². The van der Waals surface area contributed by atoms with E-state index in [0.29, 0.717) is 0 Å². The minimum atomic E-state index is -5.19. The van der Waals surface area contributed by atoms with E-state index in [1.54, 1.807) is 0 Å². The van der Waals surface area contributed by atoms with Crippen LogP contribution >= 0.6 is 0 Å². The third-order valence-electron chi connectivity index (χ3n) is 0.231. The zero-order chi connectivity index (χ0) is 9.65. The Morgan fingerprint density at radius 3 is 1.42 bits per heavy atom. The van der Waals surface area contributed by atoms with Gasteiger partial charge in [-0.15, -0.1) is 0 Å². The molecule has 0 saturated carbocycles. The van der Waals surface area contributed by atoms with Crippen LogP contribution in [-0.4, -0.2) is 18.1 Å². The van der Waals surface area contributed by atoms with Crippen LogP contribution in [0, 0.1) is 0 Å². The van der Waals surface area contributed by atoms with Crippen molar-refractivity contribution in [2.24, 2.45) is 5.73 Å². The average Bonchev–Trinajstić information content (AvgIpc) is 1.59. The molecule has 0 aliphatic heterocycles. The van der Waals surface area contributed by atoms with Crippen molar-refractivity contribution in [1.82, 2.24) is 0 Å². The number of alkyl halides is 3. The van der Waals surface area contributed by atoms with E-state index in [0.717, 1.165) is 0 Å². The second-order valence-electron chi connectivity index (χ2n) is 1.40. The van der Waals surface area contributed by atoms with Crippen molar-refractivity contribution in [2.45, 2.75) is 13.1 Å². The largest absolute Gasteiger partial charge is 1.00 e. The fourth-order valence-corrected chi connectivity index (χ4v) is 0. The maximum atomic E-state index is 10.5. The monoisotopic (exact) mass is 195 g/mol. The maximum absolute atomic E-state index is 10.5. The molecule has 8 heteroatoms. The SMILES string of the molecule is CC(N)=O.O=C([O-])C(F)(F)F.[Na+]. The van der Waals surface area contributed by atoms with E-state index < -0.39 is 12.1 Å². The predicted molar refractivity (Wildman–Crippen MR) is 25.9 cm³/mol. The van der Waals surface area contributed by atoms with Gasteiger partial charge in [-0.2, -0.15) is 13.2 Å². The maximum Gasteiger partial charge on any atom is 1.00 e. The molecule has 0 bridgehead atoms. The second kappa shape index (κ2) is 7.38. The number of carboxylic acids is 1. The number of halogens is 3. The number of rotatable bonds is 0. The molecule has 0 aromatic rings. The Balaban J connectivity index is -0.000000142. The van der Waals surface area contributed by atoms with Gasteiger partial charge in [0.1, 0.15) is 5.97 Å². The Morgan fingerprint density at radius 2 is 1.42 bits per heavy atom. The van der Waals surface area contributed by atoms with Gasteiger partial charge >= 0.3 is 35.7 Å². The summed E-state index contributed by atoms with van der Waals surface area (Å²) in [5.74, 6) is -3.34. The van der Waals surface area contributed by atoms with Gasteiger partial charge in [0, 0.05) is 6.92 Å². The average molecular weight is 195 g/mol. The number of carbonyl (C=O) groups excluding carboxylic acids is 2. The molecule has 2 N–H and O–H groups in total. The summed E-state index contributed by atoms with van der Waals surface area (Å²) in [4.78, 5) is 18.0. The molecule has 0 rings (SSSR count). The summed E-state index contributed by atoms with van der Waals surface area (Å²) in [5.41, 5.74) is 4.47. The molecule has 0 fully saturated rings. The van der Waals surface area contributed by atoms with Crippen LogP contribution in [0.15, 0.2) is 0 Å². The molecule has 0 aromatic heterocycles. The molecule has 0 aliphatic carbocycles. The number of carbonyl (C=O) groups is 2. The molecule has 4 nitrogen and oxygen atoms in total. The van der Waals surface area contributed by atoms with Crippen molar-refractivity contribution in [1.29, 1.82) is 0 Å². The molecule has 0 saturated heterocycles. The van der Waals surface area contributed by atoms with Gasteiger partial charge < -0.3 is 15.6 Å². The van der Waals surface area contributed by atoms with Gasteiger partial charge in [-0.1, -0.05) is 0 Å². The minimum Gasteiger partial charge on any atom is -0.542 e. The standard InChI is InChI=1S/C2HF3O2.C2H5NO.Na/c3-2(4,5)1(6)7;1-2(3)4;/h(H,6,7);1H3,(H2,3,4);/q;;+1/p-1. The summed E-state index contributed by atoms with van der Waals surface area (Å²) < 4.78 is 31.5. The third kappa shape index (κ3) is 22.6. The molecule has 0 atom stereocenters. The zero-order valence-corrected chi connectivity index (χ0v) is 8.44.